The minimum Gasteiger partial charge on any atom is -0.496 e. The Hall–Kier alpha value is -0.730. The monoisotopic (exact) mass is 267 g/mol. The van der Waals surface area contributed by atoms with Crippen molar-refractivity contribution in [2.75, 3.05) is 13.7 Å². The molecule has 0 radical (unpaired) electrons. The van der Waals surface area contributed by atoms with Gasteiger partial charge in [0.1, 0.15) is 5.75 Å². The van der Waals surface area contributed by atoms with Gasteiger partial charge < -0.3 is 10.5 Å². The van der Waals surface area contributed by atoms with Crippen LogP contribution in [0.3, 0.4) is 0 Å². The fourth-order valence-electron chi connectivity index (χ4n) is 2.84. The van der Waals surface area contributed by atoms with Crippen LogP contribution >= 0.6 is 11.6 Å². The van der Waals surface area contributed by atoms with E-state index in [9.17, 15) is 0 Å². The third-order valence-corrected chi connectivity index (χ3v) is 4.52. The minimum atomic E-state index is 0.131. The van der Waals surface area contributed by atoms with E-state index in [-0.39, 0.29) is 5.41 Å². The molecule has 0 unspecified atom stereocenters. The second-order valence-electron chi connectivity index (χ2n) is 5.57. The zero-order valence-corrected chi connectivity index (χ0v) is 12.2. The van der Waals surface area contributed by atoms with Crippen LogP contribution in [0.25, 0.3) is 0 Å². The average Bonchev–Trinajstić information content (AvgIpc) is 2.26. The molecule has 0 saturated heterocycles. The number of benzene rings is 1. The molecule has 0 heterocycles. The van der Waals surface area contributed by atoms with Crippen LogP contribution < -0.4 is 10.5 Å². The summed E-state index contributed by atoms with van der Waals surface area (Å²) >= 11 is 6.43. The van der Waals surface area contributed by atoms with Gasteiger partial charge in [-0.1, -0.05) is 31.9 Å². The number of methoxy groups -OCH3 is 1. The van der Waals surface area contributed by atoms with Crippen molar-refractivity contribution in [2.45, 2.75) is 44.4 Å². The fourth-order valence-corrected chi connectivity index (χ4v) is 3.27. The van der Waals surface area contributed by atoms with Crippen molar-refractivity contribution in [1.82, 2.24) is 0 Å². The van der Waals surface area contributed by atoms with Gasteiger partial charge in [-0.2, -0.15) is 0 Å². The number of ether oxygens (including phenoxy) is 1. The van der Waals surface area contributed by atoms with Crippen LogP contribution in [0, 0.1) is 0 Å². The molecule has 18 heavy (non-hydrogen) atoms. The molecule has 1 aromatic carbocycles. The highest BCUT2D eigenvalue weighted by atomic mass is 35.5. The Morgan fingerprint density at radius 1 is 1.39 bits per heavy atom. The Labute approximate surface area is 114 Å². The van der Waals surface area contributed by atoms with Crippen molar-refractivity contribution in [2.24, 2.45) is 5.73 Å². The summed E-state index contributed by atoms with van der Waals surface area (Å²) in [6, 6.07) is 4.22. The van der Waals surface area contributed by atoms with Gasteiger partial charge in [0.25, 0.3) is 0 Å². The van der Waals surface area contributed by atoms with Crippen molar-refractivity contribution < 1.29 is 4.74 Å². The van der Waals surface area contributed by atoms with Crippen LogP contribution in [-0.2, 0) is 5.41 Å². The van der Waals surface area contributed by atoms with E-state index in [1.807, 2.05) is 0 Å². The van der Waals surface area contributed by atoms with Crippen LogP contribution in [0.4, 0.5) is 0 Å². The zero-order chi connectivity index (χ0) is 13.3. The second-order valence-corrected chi connectivity index (χ2v) is 5.97. The summed E-state index contributed by atoms with van der Waals surface area (Å²) in [4.78, 5) is 0. The van der Waals surface area contributed by atoms with Crippen LogP contribution in [0.15, 0.2) is 12.1 Å². The standard InChI is InChI=1S/C15H22ClNO/c1-10(2)14-12(16)7-11(8-13(14)18-3)15(9-17)5-4-6-15/h7-8,10H,4-6,9,17H2,1-3H3. The summed E-state index contributed by atoms with van der Waals surface area (Å²) in [5.74, 6) is 1.25. The molecule has 0 aromatic heterocycles. The van der Waals surface area contributed by atoms with E-state index in [0.717, 1.165) is 29.2 Å². The lowest BCUT2D eigenvalue weighted by atomic mass is 9.64. The lowest BCUT2D eigenvalue weighted by molar-refractivity contribution is 0.252. The lowest BCUT2D eigenvalue weighted by Gasteiger charge is -2.42. The van der Waals surface area contributed by atoms with Crippen molar-refractivity contribution in [3.8, 4) is 5.75 Å². The highest BCUT2D eigenvalue weighted by Gasteiger charge is 2.38. The van der Waals surface area contributed by atoms with Crippen molar-refractivity contribution in [1.29, 1.82) is 0 Å². The van der Waals surface area contributed by atoms with Crippen LogP contribution in [-0.4, -0.2) is 13.7 Å². The molecule has 2 nitrogen and oxygen atoms in total. The first kappa shape index (κ1) is 13.7. The highest BCUT2D eigenvalue weighted by Crippen LogP contribution is 2.46. The van der Waals surface area contributed by atoms with E-state index in [1.165, 1.54) is 12.0 Å². The van der Waals surface area contributed by atoms with Crippen LogP contribution in [0.1, 0.15) is 50.2 Å². The van der Waals surface area contributed by atoms with Gasteiger partial charge in [-0.25, -0.2) is 0 Å². The molecule has 2 rings (SSSR count). The largest absolute Gasteiger partial charge is 0.496 e. The van der Waals surface area contributed by atoms with Gasteiger partial charge in [-0.3, -0.25) is 0 Å². The number of rotatable bonds is 4. The van der Waals surface area contributed by atoms with Gasteiger partial charge in [-0.15, -0.1) is 0 Å². The molecule has 1 aliphatic rings. The first-order chi connectivity index (χ1) is 8.54. The minimum absolute atomic E-state index is 0.131. The smallest absolute Gasteiger partial charge is 0.124 e. The molecule has 100 valence electrons. The van der Waals surface area contributed by atoms with Crippen LogP contribution in [0.5, 0.6) is 5.75 Å². The third kappa shape index (κ3) is 2.12. The topological polar surface area (TPSA) is 35.2 Å². The Balaban J connectivity index is 2.49. The molecule has 0 aliphatic heterocycles. The van der Waals surface area contributed by atoms with Gasteiger partial charge in [0.05, 0.1) is 7.11 Å². The molecule has 0 bridgehead atoms. The van der Waals surface area contributed by atoms with Gasteiger partial charge >= 0.3 is 0 Å². The Bertz CT molecular complexity index is 433. The molecule has 1 aliphatic carbocycles. The SMILES string of the molecule is COc1cc(C2(CN)CCC2)cc(Cl)c1C(C)C. The third-order valence-electron chi connectivity index (χ3n) is 4.20. The maximum atomic E-state index is 6.43. The summed E-state index contributed by atoms with van der Waals surface area (Å²) in [5, 5.41) is 0.805. The quantitative estimate of drug-likeness (QED) is 0.899. The summed E-state index contributed by atoms with van der Waals surface area (Å²) in [5.41, 5.74) is 8.42. The molecular weight excluding hydrogens is 246 g/mol. The predicted octanol–water partition coefficient (Wildman–Crippen LogP) is 3.85. The number of hydrogen-bond acceptors (Lipinski definition) is 2. The fraction of sp³-hybridized carbons (Fsp3) is 0.600. The molecular formula is C15H22ClNO. The molecule has 1 saturated carbocycles. The molecule has 3 heteroatoms. The second kappa shape index (κ2) is 5.10. The van der Waals surface area contributed by atoms with E-state index in [1.54, 1.807) is 7.11 Å². The summed E-state index contributed by atoms with van der Waals surface area (Å²) in [6.07, 6.45) is 3.57. The highest BCUT2D eigenvalue weighted by molar-refractivity contribution is 6.31. The van der Waals surface area contributed by atoms with Gasteiger partial charge in [-0.05, 0) is 36.5 Å². The van der Waals surface area contributed by atoms with E-state index < -0.39 is 0 Å². The molecule has 0 spiro atoms. The molecule has 1 aromatic rings. The van der Waals surface area contributed by atoms with Gasteiger partial charge in [0.15, 0.2) is 0 Å². The van der Waals surface area contributed by atoms with Crippen LogP contribution in [0.2, 0.25) is 5.02 Å². The van der Waals surface area contributed by atoms with Gasteiger partial charge in [0, 0.05) is 22.5 Å². The van der Waals surface area contributed by atoms with Crippen molar-refractivity contribution in [3.63, 3.8) is 0 Å². The normalized spacial score (nSPS) is 17.7. The van der Waals surface area contributed by atoms with Crippen molar-refractivity contribution >= 4 is 11.6 Å². The van der Waals surface area contributed by atoms with Gasteiger partial charge in [0.2, 0.25) is 0 Å². The number of hydrogen-bond donors (Lipinski definition) is 1. The summed E-state index contributed by atoms with van der Waals surface area (Å²) in [6.45, 7) is 4.95. The number of halogens is 1. The first-order valence-corrected chi connectivity index (χ1v) is 7.00. The predicted molar refractivity (Wildman–Crippen MR) is 76.7 cm³/mol. The maximum absolute atomic E-state index is 6.43. The van der Waals surface area contributed by atoms with E-state index in [0.29, 0.717) is 12.5 Å². The van der Waals surface area contributed by atoms with E-state index in [2.05, 4.69) is 26.0 Å². The van der Waals surface area contributed by atoms with Crippen molar-refractivity contribution in [3.05, 3.63) is 28.3 Å². The zero-order valence-electron chi connectivity index (χ0n) is 11.4. The van der Waals surface area contributed by atoms with E-state index >= 15 is 0 Å². The lowest BCUT2D eigenvalue weighted by Crippen LogP contribution is -2.41. The Morgan fingerprint density at radius 2 is 2.06 bits per heavy atom. The summed E-state index contributed by atoms with van der Waals surface area (Å²) in [7, 11) is 1.71. The molecule has 2 N–H and O–H groups in total. The Morgan fingerprint density at radius 3 is 2.44 bits per heavy atom. The first-order valence-electron chi connectivity index (χ1n) is 6.62. The molecule has 0 atom stereocenters. The molecule has 1 fully saturated rings. The molecule has 0 amide bonds. The maximum Gasteiger partial charge on any atom is 0.124 e. The Kier molecular flexibility index (Phi) is 3.88. The number of nitrogens with two attached hydrogens (primary N) is 1. The summed E-state index contributed by atoms with van der Waals surface area (Å²) < 4.78 is 5.51. The average molecular weight is 268 g/mol. The van der Waals surface area contributed by atoms with E-state index in [4.69, 9.17) is 22.1 Å².